The largest absolute Gasteiger partial charge is 0.324 e. The Labute approximate surface area is 103 Å². The molecule has 0 amide bonds. The molecule has 0 saturated carbocycles. The summed E-state index contributed by atoms with van der Waals surface area (Å²) in [7, 11) is 0. The molecular weight excluding hydrogens is 208 g/mol. The van der Waals surface area contributed by atoms with Crippen molar-refractivity contribution in [3.8, 4) is 0 Å². The summed E-state index contributed by atoms with van der Waals surface area (Å²) in [5, 5.41) is 0. The first-order valence-corrected chi connectivity index (χ1v) is 5.90. The van der Waals surface area contributed by atoms with Gasteiger partial charge < -0.3 is 5.73 Å². The van der Waals surface area contributed by atoms with Crippen LogP contribution in [-0.2, 0) is 6.42 Å². The number of hydrogen-bond acceptors (Lipinski definition) is 2. The molecule has 1 unspecified atom stereocenters. The van der Waals surface area contributed by atoms with E-state index in [9.17, 15) is 0 Å². The molecule has 2 aromatic rings. The first-order chi connectivity index (χ1) is 8.18. The molecular formula is C15H18N2. The number of nitrogens with zero attached hydrogens (tertiary/aromatic N) is 1. The van der Waals surface area contributed by atoms with E-state index < -0.39 is 0 Å². The van der Waals surface area contributed by atoms with Crippen LogP contribution in [0.3, 0.4) is 0 Å². The topological polar surface area (TPSA) is 38.9 Å². The van der Waals surface area contributed by atoms with Crippen LogP contribution >= 0.6 is 0 Å². The van der Waals surface area contributed by atoms with Gasteiger partial charge in [-0.25, -0.2) is 0 Å². The molecule has 1 heterocycles. The molecule has 0 aliphatic heterocycles. The summed E-state index contributed by atoms with van der Waals surface area (Å²) in [6, 6.07) is 12.3. The predicted octanol–water partition coefficient (Wildman–Crippen LogP) is 2.94. The van der Waals surface area contributed by atoms with E-state index in [2.05, 4.69) is 37.0 Å². The Morgan fingerprint density at radius 2 is 1.76 bits per heavy atom. The SMILES string of the molecule is Cc1cccc(C)c1C(N)Cc1ccccn1. The van der Waals surface area contributed by atoms with Crippen molar-refractivity contribution in [1.82, 2.24) is 4.98 Å². The summed E-state index contributed by atoms with van der Waals surface area (Å²) in [5.74, 6) is 0. The lowest BCUT2D eigenvalue weighted by Gasteiger charge is -2.17. The smallest absolute Gasteiger partial charge is 0.0422 e. The Morgan fingerprint density at radius 3 is 2.35 bits per heavy atom. The second kappa shape index (κ2) is 5.11. The number of benzene rings is 1. The number of hydrogen-bond donors (Lipinski definition) is 1. The molecule has 88 valence electrons. The van der Waals surface area contributed by atoms with Gasteiger partial charge >= 0.3 is 0 Å². The van der Waals surface area contributed by atoms with Crippen LogP contribution in [0.15, 0.2) is 42.6 Å². The molecule has 1 aromatic carbocycles. The zero-order chi connectivity index (χ0) is 12.3. The fourth-order valence-electron chi connectivity index (χ4n) is 2.26. The van der Waals surface area contributed by atoms with Gasteiger partial charge in [-0.2, -0.15) is 0 Å². The monoisotopic (exact) mass is 226 g/mol. The van der Waals surface area contributed by atoms with Crippen molar-refractivity contribution in [2.24, 2.45) is 5.73 Å². The van der Waals surface area contributed by atoms with E-state index in [4.69, 9.17) is 5.73 Å². The zero-order valence-corrected chi connectivity index (χ0v) is 10.4. The first-order valence-electron chi connectivity index (χ1n) is 5.90. The molecule has 2 nitrogen and oxygen atoms in total. The molecule has 0 bridgehead atoms. The second-order valence-corrected chi connectivity index (χ2v) is 4.44. The van der Waals surface area contributed by atoms with Crippen LogP contribution in [0.4, 0.5) is 0 Å². The standard InChI is InChI=1S/C15H18N2/c1-11-6-5-7-12(2)15(11)14(16)10-13-8-3-4-9-17-13/h3-9,14H,10,16H2,1-2H3. The number of aromatic nitrogens is 1. The van der Waals surface area contributed by atoms with Crippen molar-refractivity contribution in [3.63, 3.8) is 0 Å². The third kappa shape index (κ3) is 2.71. The Balaban J connectivity index is 2.23. The van der Waals surface area contributed by atoms with Gasteiger partial charge in [0.25, 0.3) is 0 Å². The van der Waals surface area contributed by atoms with E-state index in [0.29, 0.717) is 0 Å². The number of pyridine rings is 1. The molecule has 0 aliphatic rings. The van der Waals surface area contributed by atoms with Crippen LogP contribution in [0.25, 0.3) is 0 Å². The van der Waals surface area contributed by atoms with Gasteiger partial charge in [-0.1, -0.05) is 24.3 Å². The molecule has 1 atom stereocenters. The average Bonchev–Trinajstić information content (AvgIpc) is 2.30. The molecule has 2 N–H and O–H groups in total. The third-order valence-corrected chi connectivity index (χ3v) is 3.07. The second-order valence-electron chi connectivity index (χ2n) is 4.44. The summed E-state index contributed by atoms with van der Waals surface area (Å²) in [4.78, 5) is 4.32. The highest BCUT2D eigenvalue weighted by atomic mass is 14.7. The van der Waals surface area contributed by atoms with Gasteiger partial charge in [0.2, 0.25) is 0 Å². The van der Waals surface area contributed by atoms with Crippen molar-refractivity contribution >= 4 is 0 Å². The molecule has 0 radical (unpaired) electrons. The summed E-state index contributed by atoms with van der Waals surface area (Å²) in [6.07, 6.45) is 2.60. The molecule has 1 aromatic heterocycles. The van der Waals surface area contributed by atoms with Gasteiger partial charge in [-0.3, -0.25) is 4.98 Å². The fourth-order valence-corrected chi connectivity index (χ4v) is 2.26. The van der Waals surface area contributed by atoms with Crippen molar-refractivity contribution < 1.29 is 0 Å². The van der Waals surface area contributed by atoms with E-state index >= 15 is 0 Å². The van der Waals surface area contributed by atoms with Gasteiger partial charge in [0, 0.05) is 24.4 Å². The van der Waals surface area contributed by atoms with Crippen LogP contribution in [0.1, 0.15) is 28.4 Å². The maximum atomic E-state index is 6.29. The van der Waals surface area contributed by atoms with Crippen LogP contribution in [0.2, 0.25) is 0 Å². The fraction of sp³-hybridized carbons (Fsp3) is 0.267. The molecule has 0 fully saturated rings. The highest BCUT2D eigenvalue weighted by Gasteiger charge is 2.12. The van der Waals surface area contributed by atoms with E-state index in [1.807, 2.05) is 24.4 Å². The van der Waals surface area contributed by atoms with E-state index in [-0.39, 0.29) is 6.04 Å². The third-order valence-electron chi connectivity index (χ3n) is 3.07. The lowest BCUT2D eigenvalue weighted by atomic mass is 9.94. The van der Waals surface area contributed by atoms with E-state index in [1.165, 1.54) is 16.7 Å². The minimum Gasteiger partial charge on any atom is -0.324 e. The van der Waals surface area contributed by atoms with Crippen molar-refractivity contribution in [1.29, 1.82) is 0 Å². The Hall–Kier alpha value is -1.67. The van der Waals surface area contributed by atoms with E-state index in [1.54, 1.807) is 0 Å². The average molecular weight is 226 g/mol. The first kappa shape index (κ1) is 11.8. The van der Waals surface area contributed by atoms with Crippen molar-refractivity contribution in [3.05, 3.63) is 65.0 Å². The summed E-state index contributed by atoms with van der Waals surface area (Å²) in [6.45, 7) is 4.22. The van der Waals surface area contributed by atoms with Crippen LogP contribution in [-0.4, -0.2) is 4.98 Å². The quantitative estimate of drug-likeness (QED) is 0.874. The highest BCUT2D eigenvalue weighted by molar-refractivity contribution is 5.36. The van der Waals surface area contributed by atoms with Crippen LogP contribution < -0.4 is 5.73 Å². The van der Waals surface area contributed by atoms with Crippen molar-refractivity contribution in [2.45, 2.75) is 26.3 Å². The molecule has 17 heavy (non-hydrogen) atoms. The van der Waals surface area contributed by atoms with Gasteiger partial charge in [0.15, 0.2) is 0 Å². The molecule has 0 spiro atoms. The lowest BCUT2D eigenvalue weighted by Crippen LogP contribution is -2.16. The van der Waals surface area contributed by atoms with Crippen LogP contribution in [0, 0.1) is 13.8 Å². The maximum Gasteiger partial charge on any atom is 0.0422 e. The molecule has 0 saturated heterocycles. The predicted molar refractivity (Wildman–Crippen MR) is 70.8 cm³/mol. The van der Waals surface area contributed by atoms with Crippen LogP contribution in [0.5, 0.6) is 0 Å². The normalized spacial score (nSPS) is 12.4. The highest BCUT2D eigenvalue weighted by Crippen LogP contribution is 2.22. The van der Waals surface area contributed by atoms with E-state index in [0.717, 1.165) is 12.1 Å². The Kier molecular flexibility index (Phi) is 3.55. The Morgan fingerprint density at radius 1 is 1.06 bits per heavy atom. The van der Waals surface area contributed by atoms with Gasteiger partial charge in [0.05, 0.1) is 0 Å². The lowest BCUT2D eigenvalue weighted by molar-refractivity contribution is 0.697. The summed E-state index contributed by atoms with van der Waals surface area (Å²) < 4.78 is 0. The minimum absolute atomic E-state index is 0.0195. The maximum absolute atomic E-state index is 6.29. The minimum atomic E-state index is 0.0195. The van der Waals surface area contributed by atoms with Gasteiger partial charge in [-0.15, -0.1) is 0 Å². The van der Waals surface area contributed by atoms with Crippen molar-refractivity contribution in [2.75, 3.05) is 0 Å². The van der Waals surface area contributed by atoms with Gasteiger partial charge in [0.1, 0.15) is 0 Å². The summed E-state index contributed by atoms with van der Waals surface area (Å²) >= 11 is 0. The zero-order valence-electron chi connectivity index (χ0n) is 10.4. The number of aryl methyl sites for hydroxylation is 2. The van der Waals surface area contributed by atoms with Gasteiger partial charge in [-0.05, 0) is 42.7 Å². The molecule has 2 heteroatoms. The Bertz CT molecular complexity index is 471. The number of rotatable bonds is 3. The summed E-state index contributed by atoms with van der Waals surface area (Å²) in [5.41, 5.74) is 11.1. The molecule has 0 aliphatic carbocycles. The number of nitrogens with two attached hydrogens (primary N) is 1. The molecule has 2 rings (SSSR count).